The second kappa shape index (κ2) is 4.30. The third kappa shape index (κ3) is 2.08. The molecule has 82 valence electrons. The lowest BCUT2D eigenvalue weighted by molar-refractivity contribution is -0.144. The number of nitrogens with zero attached hydrogens (tertiary/aromatic N) is 1. The van der Waals surface area contributed by atoms with Crippen LogP contribution in [-0.4, -0.2) is 34.6 Å². The molecule has 0 amide bonds. The maximum atomic E-state index is 11.2. The molecule has 1 saturated heterocycles. The van der Waals surface area contributed by atoms with E-state index >= 15 is 0 Å². The predicted octanol–water partition coefficient (Wildman–Crippen LogP) is 1.83. The first-order valence-corrected chi connectivity index (χ1v) is 5.43. The zero-order valence-corrected chi connectivity index (χ0v) is 9.53. The maximum absolute atomic E-state index is 11.2. The lowest BCUT2D eigenvalue weighted by Crippen LogP contribution is -2.44. The van der Waals surface area contributed by atoms with E-state index in [0.29, 0.717) is 17.9 Å². The molecule has 0 aromatic carbocycles. The number of carboxylic acid groups (broad SMARTS) is 1. The van der Waals surface area contributed by atoms with E-state index in [1.165, 1.54) is 0 Å². The van der Waals surface area contributed by atoms with E-state index in [0.717, 1.165) is 13.0 Å². The van der Waals surface area contributed by atoms with E-state index in [1.807, 2.05) is 0 Å². The van der Waals surface area contributed by atoms with Crippen molar-refractivity contribution >= 4 is 5.97 Å². The standard InChI is InChI=1S/C11H21NO2/c1-7(2)9-5-6-12(8(3)4)10(9)11(13)14/h7-10H,5-6H2,1-4H3,(H,13,14). The summed E-state index contributed by atoms with van der Waals surface area (Å²) in [4.78, 5) is 13.3. The van der Waals surface area contributed by atoms with Crippen molar-refractivity contribution in [1.82, 2.24) is 4.90 Å². The summed E-state index contributed by atoms with van der Waals surface area (Å²) in [7, 11) is 0. The van der Waals surface area contributed by atoms with Gasteiger partial charge in [-0.2, -0.15) is 0 Å². The molecule has 1 aliphatic heterocycles. The van der Waals surface area contributed by atoms with Crippen LogP contribution in [0.1, 0.15) is 34.1 Å². The Balaban J connectivity index is 2.79. The van der Waals surface area contributed by atoms with Gasteiger partial charge in [-0.3, -0.25) is 9.69 Å². The first kappa shape index (κ1) is 11.5. The zero-order valence-electron chi connectivity index (χ0n) is 9.53. The van der Waals surface area contributed by atoms with Crippen molar-refractivity contribution in [1.29, 1.82) is 0 Å². The molecular formula is C11H21NO2. The number of hydrogen-bond acceptors (Lipinski definition) is 2. The summed E-state index contributed by atoms with van der Waals surface area (Å²) in [5.74, 6) is 0.115. The number of hydrogen-bond donors (Lipinski definition) is 1. The van der Waals surface area contributed by atoms with Crippen LogP contribution in [0.5, 0.6) is 0 Å². The Morgan fingerprint density at radius 1 is 1.36 bits per heavy atom. The van der Waals surface area contributed by atoms with Crippen LogP contribution in [0, 0.1) is 11.8 Å². The molecule has 1 rings (SSSR count). The molecular weight excluding hydrogens is 178 g/mol. The van der Waals surface area contributed by atoms with E-state index in [9.17, 15) is 9.90 Å². The monoisotopic (exact) mass is 199 g/mol. The van der Waals surface area contributed by atoms with Gasteiger partial charge in [0.1, 0.15) is 6.04 Å². The molecule has 14 heavy (non-hydrogen) atoms. The van der Waals surface area contributed by atoms with Crippen LogP contribution in [0.2, 0.25) is 0 Å². The minimum atomic E-state index is -0.658. The van der Waals surface area contributed by atoms with Gasteiger partial charge in [-0.05, 0) is 38.6 Å². The molecule has 2 unspecified atom stereocenters. The largest absolute Gasteiger partial charge is 0.480 e. The molecule has 0 aromatic heterocycles. The Morgan fingerprint density at radius 2 is 1.93 bits per heavy atom. The highest BCUT2D eigenvalue weighted by Crippen LogP contribution is 2.31. The Kier molecular flexibility index (Phi) is 3.53. The molecule has 3 nitrogen and oxygen atoms in total. The van der Waals surface area contributed by atoms with Crippen LogP contribution in [0.15, 0.2) is 0 Å². The summed E-state index contributed by atoms with van der Waals surface area (Å²) in [6.45, 7) is 9.30. The number of carboxylic acids is 1. The van der Waals surface area contributed by atoms with Crippen molar-refractivity contribution in [3.8, 4) is 0 Å². The summed E-state index contributed by atoms with van der Waals surface area (Å²) in [5.41, 5.74) is 0. The Hall–Kier alpha value is -0.570. The smallest absolute Gasteiger partial charge is 0.321 e. The van der Waals surface area contributed by atoms with Gasteiger partial charge in [0.25, 0.3) is 0 Å². The molecule has 1 heterocycles. The second-order valence-electron chi connectivity index (χ2n) is 4.81. The van der Waals surface area contributed by atoms with Crippen LogP contribution >= 0.6 is 0 Å². The molecule has 1 fully saturated rings. The fraction of sp³-hybridized carbons (Fsp3) is 0.909. The lowest BCUT2D eigenvalue weighted by Gasteiger charge is -2.29. The SMILES string of the molecule is CC(C)C1CCN(C(C)C)C1C(=O)O. The fourth-order valence-corrected chi connectivity index (χ4v) is 2.44. The average molecular weight is 199 g/mol. The second-order valence-corrected chi connectivity index (χ2v) is 4.81. The van der Waals surface area contributed by atoms with Crippen LogP contribution < -0.4 is 0 Å². The number of carbonyl (C=O) groups is 1. The lowest BCUT2D eigenvalue weighted by atomic mass is 9.88. The summed E-state index contributed by atoms with van der Waals surface area (Å²) in [6, 6.07) is 0.0647. The van der Waals surface area contributed by atoms with Gasteiger partial charge < -0.3 is 5.11 Å². The first-order valence-electron chi connectivity index (χ1n) is 5.43. The number of rotatable bonds is 3. The summed E-state index contributed by atoms with van der Waals surface area (Å²) in [6.07, 6.45) is 1.02. The van der Waals surface area contributed by atoms with E-state index in [2.05, 4.69) is 32.6 Å². The van der Waals surface area contributed by atoms with Gasteiger partial charge in [0.05, 0.1) is 0 Å². The summed E-state index contributed by atoms with van der Waals surface area (Å²) >= 11 is 0. The Morgan fingerprint density at radius 3 is 2.29 bits per heavy atom. The van der Waals surface area contributed by atoms with Crippen LogP contribution in [0.4, 0.5) is 0 Å². The van der Waals surface area contributed by atoms with E-state index in [4.69, 9.17) is 0 Å². The topological polar surface area (TPSA) is 40.5 Å². The minimum Gasteiger partial charge on any atom is -0.480 e. The molecule has 3 heteroatoms. The molecule has 2 atom stereocenters. The van der Waals surface area contributed by atoms with Crippen molar-refractivity contribution in [3.63, 3.8) is 0 Å². The zero-order chi connectivity index (χ0) is 10.9. The van der Waals surface area contributed by atoms with Gasteiger partial charge in [0.2, 0.25) is 0 Å². The predicted molar refractivity (Wildman–Crippen MR) is 56.2 cm³/mol. The molecule has 0 bridgehead atoms. The highest BCUT2D eigenvalue weighted by Gasteiger charge is 2.41. The van der Waals surface area contributed by atoms with Crippen LogP contribution in [0.3, 0.4) is 0 Å². The van der Waals surface area contributed by atoms with Crippen molar-refractivity contribution in [2.45, 2.75) is 46.2 Å². The van der Waals surface area contributed by atoms with Gasteiger partial charge in [0, 0.05) is 6.04 Å². The van der Waals surface area contributed by atoms with Crippen molar-refractivity contribution in [2.24, 2.45) is 11.8 Å². The van der Waals surface area contributed by atoms with Crippen LogP contribution in [0.25, 0.3) is 0 Å². The molecule has 0 aromatic rings. The molecule has 0 saturated carbocycles. The Labute approximate surface area is 86.1 Å². The molecule has 0 spiro atoms. The van der Waals surface area contributed by atoms with Crippen molar-refractivity contribution in [3.05, 3.63) is 0 Å². The Bertz CT molecular complexity index is 197. The van der Waals surface area contributed by atoms with Gasteiger partial charge in [-0.1, -0.05) is 13.8 Å². The summed E-state index contributed by atoms with van der Waals surface area (Å²) < 4.78 is 0. The normalized spacial score (nSPS) is 29.0. The van der Waals surface area contributed by atoms with Crippen molar-refractivity contribution in [2.75, 3.05) is 6.54 Å². The highest BCUT2D eigenvalue weighted by atomic mass is 16.4. The average Bonchev–Trinajstić information content (AvgIpc) is 2.46. The van der Waals surface area contributed by atoms with Gasteiger partial charge in [-0.15, -0.1) is 0 Å². The fourth-order valence-electron chi connectivity index (χ4n) is 2.44. The quantitative estimate of drug-likeness (QED) is 0.753. The number of likely N-dealkylation sites (tertiary alicyclic amines) is 1. The van der Waals surface area contributed by atoms with E-state index in [-0.39, 0.29) is 6.04 Å². The van der Waals surface area contributed by atoms with Gasteiger partial charge in [-0.25, -0.2) is 0 Å². The van der Waals surface area contributed by atoms with Gasteiger partial charge in [0.15, 0.2) is 0 Å². The van der Waals surface area contributed by atoms with E-state index in [1.54, 1.807) is 0 Å². The van der Waals surface area contributed by atoms with E-state index < -0.39 is 5.97 Å². The molecule has 1 N–H and O–H groups in total. The third-order valence-corrected chi connectivity index (χ3v) is 3.26. The van der Waals surface area contributed by atoms with Crippen molar-refractivity contribution < 1.29 is 9.90 Å². The first-order chi connectivity index (χ1) is 6.45. The minimum absolute atomic E-state index is 0.269. The molecule has 0 radical (unpaired) electrons. The van der Waals surface area contributed by atoms with Crippen LogP contribution in [-0.2, 0) is 4.79 Å². The summed E-state index contributed by atoms with van der Waals surface area (Å²) in [5, 5.41) is 9.21. The van der Waals surface area contributed by atoms with Gasteiger partial charge >= 0.3 is 5.97 Å². The molecule has 0 aliphatic carbocycles. The third-order valence-electron chi connectivity index (χ3n) is 3.26. The molecule has 1 aliphatic rings. The number of aliphatic carboxylic acids is 1. The maximum Gasteiger partial charge on any atom is 0.321 e. The highest BCUT2D eigenvalue weighted by molar-refractivity contribution is 5.74.